The topological polar surface area (TPSA) is 95.5 Å². The Balaban J connectivity index is 1.50. The first-order chi connectivity index (χ1) is 16.5. The van der Waals surface area contributed by atoms with Gasteiger partial charge in [-0.15, -0.1) is 0 Å². The highest BCUT2D eigenvalue weighted by Gasteiger charge is 2.54. The molecule has 0 atom stereocenters. The molecule has 2 fully saturated rings. The zero-order valence-electron chi connectivity index (χ0n) is 20.1. The van der Waals surface area contributed by atoms with Gasteiger partial charge in [-0.25, -0.2) is 9.96 Å². The second kappa shape index (κ2) is 8.92. The quantitative estimate of drug-likeness (QED) is 0.388. The Morgan fingerprint density at radius 3 is 2.65 bits per heavy atom. The lowest BCUT2D eigenvalue weighted by Crippen LogP contribution is -2.48. The fourth-order valence-electron chi connectivity index (χ4n) is 5.25. The summed E-state index contributed by atoms with van der Waals surface area (Å²) in [5.41, 5.74) is 4.53. The van der Waals surface area contributed by atoms with E-state index in [1.807, 2.05) is 18.0 Å². The molecule has 1 saturated heterocycles. The van der Waals surface area contributed by atoms with Crippen LogP contribution in [-0.2, 0) is 9.63 Å². The molecule has 2 N–H and O–H groups in total. The van der Waals surface area contributed by atoms with E-state index in [9.17, 15) is 9.59 Å². The predicted octanol–water partition coefficient (Wildman–Crippen LogP) is 1.87. The van der Waals surface area contributed by atoms with Crippen LogP contribution < -0.4 is 15.5 Å². The SMILES string of the molecule is CONC(=O)c1ccc(NC2=NC3=C(C[N+]24CC4)N(C)C(=O)CCN3C2CCCC2)c(OC)c1. The van der Waals surface area contributed by atoms with Crippen molar-refractivity contribution in [3.8, 4) is 5.75 Å². The molecule has 0 unspecified atom stereocenters. The molecular formula is C24H33N6O4+. The smallest absolute Gasteiger partial charge is 0.309 e. The third-order valence-corrected chi connectivity index (χ3v) is 7.42. The number of nitrogens with zero attached hydrogens (tertiary/aromatic N) is 4. The molecule has 10 heteroatoms. The van der Waals surface area contributed by atoms with Crippen LogP contribution in [0.5, 0.6) is 5.75 Å². The van der Waals surface area contributed by atoms with Crippen LogP contribution in [0.3, 0.4) is 0 Å². The van der Waals surface area contributed by atoms with Crippen LogP contribution in [-0.4, -0.2) is 85.5 Å². The zero-order valence-corrected chi connectivity index (χ0v) is 20.1. The fourth-order valence-corrected chi connectivity index (χ4v) is 5.25. The number of methoxy groups -OCH3 is 1. The maximum absolute atomic E-state index is 12.8. The van der Waals surface area contributed by atoms with Crippen LogP contribution in [0, 0.1) is 0 Å². The van der Waals surface area contributed by atoms with Crippen LogP contribution in [0.2, 0.25) is 0 Å². The summed E-state index contributed by atoms with van der Waals surface area (Å²) in [6.07, 6.45) is 5.25. The molecule has 0 aromatic heterocycles. The average Bonchev–Trinajstić information content (AvgIpc) is 3.43. The Kier molecular flexibility index (Phi) is 5.95. The second-order valence-electron chi connectivity index (χ2n) is 9.47. The van der Waals surface area contributed by atoms with Crippen molar-refractivity contribution in [2.24, 2.45) is 4.99 Å². The molecule has 182 valence electrons. The van der Waals surface area contributed by atoms with E-state index in [2.05, 4.69) is 15.7 Å². The third kappa shape index (κ3) is 4.01. The Bertz CT molecular complexity index is 1060. The van der Waals surface area contributed by atoms with Crippen molar-refractivity contribution in [2.45, 2.75) is 38.1 Å². The van der Waals surface area contributed by atoms with Crippen LogP contribution in [0.4, 0.5) is 5.69 Å². The summed E-state index contributed by atoms with van der Waals surface area (Å²) in [4.78, 5) is 39.1. The number of aliphatic imine (C=N–C) groups is 1. The van der Waals surface area contributed by atoms with Gasteiger partial charge in [-0.1, -0.05) is 12.8 Å². The van der Waals surface area contributed by atoms with E-state index in [0.29, 0.717) is 34.8 Å². The first-order valence-corrected chi connectivity index (χ1v) is 12.0. The van der Waals surface area contributed by atoms with E-state index < -0.39 is 0 Å². The second-order valence-corrected chi connectivity index (χ2v) is 9.47. The lowest BCUT2D eigenvalue weighted by molar-refractivity contribution is -0.696. The van der Waals surface area contributed by atoms with Gasteiger partial charge in [-0.2, -0.15) is 4.99 Å². The molecule has 0 bridgehead atoms. The van der Waals surface area contributed by atoms with Crippen molar-refractivity contribution in [2.75, 3.05) is 52.8 Å². The first kappa shape index (κ1) is 22.7. The summed E-state index contributed by atoms with van der Waals surface area (Å²) >= 11 is 0. The normalized spacial score (nSPS) is 21.9. The van der Waals surface area contributed by atoms with Crippen molar-refractivity contribution in [3.63, 3.8) is 0 Å². The van der Waals surface area contributed by atoms with E-state index in [-0.39, 0.29) is 11.8 Å². The molecule has 34 heavy (non-hydrogen) atoms. The van der Waals surface area contributed by atoms with E-state index in [1.54, 1.807) is 19.2 Å². The van der Waals surface area contributed by atoms with Crippen LogP contribution in [0.1, 0.15) is 42.5 Å². The van der Waals surface area contributed by atoms with Crippen molar-refractivity contribution < 1.29 is 23.6 Å². The number of nitrogens with one attached hydrogen (secondary N) is 2. The van der Waals surface area contributed by atoms with Gasteiger partial charge in [-0.3, -0.25) is 19.7 Å². The molecule has 0 radical (unpaired) electrons. The van der Waals surface area contributed by atoms with Crippen LogP contribution >= 0.6 is 0 Å². The van der Waals surface area contributed by atoms with Gasteiger partial charge in [0.15, 0.2) is 5.82 Å². The molecule has 1 saturated carbocycles. The van der Waals surface area contributed by atoms with Gasteiger partial charge in [0.2, 0.25) is 5.91 Å². The van der Waals surface area contributed by atoms with Crippen LogP contribution in [0.15, 0.2) is 34.7 Å². The number of hydrogen-bond acceptors (Lipinski definition) is 7. The average molecular weight is 470 g/mol. The van der Waals surface area contributed by atoms with E-state index in [1.165, 1.54) is 20.0 Å². The third-order valence-electron chi connectivity index (χ3n) is 7.42. The number of hydrogen-bond donors (Lipinski definition) is 2. The lowest BCUT2D eigenvalue weighted by atomic mass is 10.1. The van der Waals surface area contributed by atoms with Gasteiger partial charge in [0, 0.05) is 31.6 Å². The Labute approximate surface area is 199 Å². The number of likely N-dealkylation sites (N-methyl/N-ethyl adjacent to an activating group) is 1. The number of amides is 2. The molecule has 10 nitrogen and oxygen atoms in total. The molecule has 1 aromatic rings. The summed E-state index contributed by atoms with van der Waals surface area (Å²) in [6, 6.07) is 5.67. The van der Waals surface area contributed by atoms with Crippen molar-refractivity contribution >= 4 is 23.5 Å². The minimum Gasteiger partial charge on any atom is -0.495 e. The number of carbonyl (C=O) groups excluding carboxylic acids is 2. The Morgan fingerprint density at radius 2 is 1.97 bits per heavy atom. The summed E-state index contributed by atoms with van der Waals surface area (Å²) in [6.45, 7) is 3.37. The first-order valence-electron chi connectivity index (χ1n) is 12.0. The summed E-state index contributed by atoms with van der Waals surface area (Å²) in [5.74, 6) is 2.15. The standard InChI is InChI=1S/C24H32N6O4/c1-28-19-15-30(12-13-30)24(25-18-9-8-16(14-20(18)33-2)23(32)27-34-3)26-22(19)29(11-10-21(28)31)17-6-4-5-7-17/h8-9,14,17H,4-7,10-13,15H2,1-3H3,(H-,25,26,27,32)/p+1. The van der Waals surface area contributed by atoms with Gasteiger partial charge in [-0.05, 0) is 31.0 Å². The van der Waals surface area contributed by atoms with E-state index in [4.69, 9.17) is 14.6 Å². The number of quaternary nitrogens is 1. The molecule has 1 spiro atoms. The number of carbonyl (C=O) groups is 2. The van der Waals surface area contributed by atoms with Crippen molar-refractivity contribution in [3.05, 3.63) is 35.3 Å². The number of hydroxylamine groups is 1. The van der Waals surface area contributed by atoms with Gasteiger partial charge in [0.25, 0.3) is 5.91 Å². The molecule has 5 rings (SSSR count). The summed E-state index contributed by atoms with van der Waals surface area (Å²) in [5, 5.41) is 3.51. The van der Waals surface area contributed by atoms with Gasteiger partial charge in [0.1, 0.15) is 31.1 Å². The number of rotatable bonds is 5. The zero-order chi connectivity index (χ0) is 23.9. The number of guanidine groups is 1. The molecule has 3 aliphatic heterocycles. The predicted molar refractivity (Wildman–Crippen MR) is 127 cm³/mol. The highest BCUT2D eigenvalue weighted by Crippen LogP contribution is 2.38. The van der Waals surface area contributed by atoms with Gasteiger partial charge < -0.3 is 14.5 Å². The molecule has 3 heterocycles. The van der Waals surface area contributed by atoms with Crippen molar-refractivity contribution in [1.82, 2.24) is 15.3 Å². The maximum atomic E-state index is 12.8. The van der Waals surface area contributed by atoms with E-state index in [0.717, 1.165) is 55.6 Å². The Morgan fingerprint density at radius 1 is 1.21 bits per heavy atom. The minimum absolute atomic E-state index is 0.159. The largest absolute Gasteiger partial charge is 0.495 e. The Hall–Kier alpha value is -3.11. The van der Waals surface area contributed by atoms with Crippen molar-refractivity contribution in [1.29, 1.82) is 0 Å². The molecular weight excluding hydrogens is 436 g/mol. The summed E-state index contributed by atoms with van der Waals surface area (Å²) < 4.78 is 6.27. The molecule has 4 aliphatic rings. The van der Waals surface area contributed by atoms with Gasteiger partial charge in [0.05, 0.1) is 19.9 Å². The highest BCUT2D eigenvalue weighted by atomic mass is 16.6. The molecule has 1 aliphatic carbocycles. The number of benzene rings is 1. The fraction of sp³-hybridized carbons (Fsp3) is 0.542. The van der Waals surface area contributed by atoms with Crippen LogP contribution in [0.25, 0.3) is 0 Å². The van der Waals surface area contributed by atoms with E-state index >= 15 is 0 Å². The highest BCUT2D eigenvalue weighted by molar-refractivity contribution is 5.97. The monoisotopic (exact) mass is 469 g/mol. The number of ether oxygens (including phenoxy) is 1. The van der Waals surface area contributed by atoms with Gasteiger partial charge >= 0.3 is 5.96 Å². The minimum atomic E-state index is -0.343. The lowest BCUT2D eigenvalue weighted by Gasteiger charge is -2.35. The number of anilines is 1. The molecule has 1 aromatic carbocycles. The summed E-state index contributed by atoms with van der Waals surface area (Å²) in [7, 11) is 4.86. The maximum Gasteiger partial charge on any atom is 0.309 e. The molecule has 2 amide bonds.